The summed E-state index contributed by atoms with van der Waals surface area (Å²) in [4.78, 5) is 17.1. The van der Waals surface area contributed by atoms with Crippen LogP contribution < -0.4 is 11.1 Å². The standard InChI is InChI=1S/C19H23N3OS.ClH/c20-17-14-7-6-13(10-14)16(17)18(23)21-9-8-15-11-24-19(22-15)12-4-2-1-3-5-12;/h1-5,11,13-14,16-17H,6-10,20H2,(H,21,23);1H. The van der Waals surface area contributed by atoms with Gasteiger partial charge in [0.2, 0.25) is 5.91 Å². The van der Waals surface area contributed by atoms with E-state index in [-0.39, 0.29) is 30.3 Å². The van der Waals surface area contributed by atoms with Crippen LogP contribution in [0.5, 0.6) is 0 Å². The minimum absolute atomic E-state index is 0. The lowest BCUT2D eigenvalue weighted by atomic mass is 9.84. The molecule has 2 bridgehead atoms. The molecule has 3 N–H and O–H groups in total. The second-order valence-electron chi connectivity index (χ2n) is 6.99. The van der Waals surface area contributed by atoms with Crippen molar-refractivity contribution in [1.82, 2.24) is 10.3 Å². The fourth-order valence-corrected chi connectivity index (χ4v) is 5.15. The molecular weight excluding hydrogens is 354 g/mol. The van der Waals surface area contributed by atoms with Crippen LogP contribution in [0.1, 0.15) is 25.0 Å². The molecule has 2 aliphatic carbocycles. The summed E-state index contributed by atoms with van der Waals surface area (Å²) in [7, 11) is 0. The van der Waals surface area contributed by atoms with E-state index in [1.807, 2.05) is 18.2 Å². The summed E-state index contributed by atoms with van der Waals surface area (Å²) >= 11 is 1.65. The van der Waals surface area contributed by atoms with Gasteiger partial charge in [0.1, 0.15) is 5.01 Å². The van der Waals surface area contributed by atoms with Crippen LogP contribution >= 0.6 is 23.7 Å². The summed E-state index contributed by atoms with van der Waals surface area (Å²) in [5, 5.41) is 6.20. The van der Waals surface area contributed by atoms with Gasteiger partial charge in [0, 0.05) is 30.0 Å². The molecule has 1 amide bonds. The molecule has 1 aromatic heterocycles. The monoisotopic (exact) mass is 377 g/mol. The van der Waals surface area contributed by atoms with E-state index in [4.69, 9.17) is 5.73 Å². The third-order valence-electron chi connectivity index (χ3n) is 5.54. The Labute approximate surface area is 158 Å². The summed E-state index contributed by atoms with van der Waals surface area (Å²) in [6.07, 6.45) is 4.29. The summed E-state index contributed by atoms with van der Waals surface area (Å²) in [5.74, 6) is 1.25. The number of nitrogens with one attached hydrogen (secondary N) is 1. The van der Waals surface area contributed by atoms with Crippen molar-refractivity contribution in [1.29, 1.82) is 0 Å². The molecule has 2 aromatic rings. The van der Waals surface area contributed by atoms with Crippen LogP contribution in [0.2, 0.25) is 0 Å². The van der Waals surface area contributed by atoms with E-state index in [0.717, 1.165) is 29.1 Å². The molecule has 1 aromatic carbocycles. The van der Waals surface area contributed by atoms with E-state index in [1.54, 1.807) is 11.3 Å². The maximum atomic E-state index is 12.5. The molecule has 0 spiro atoms. The highest BCUT2D eigenvalue weighted by molar-refractivity contribution is 7.13. The SMILES string of the molecule is Cl.NC1C2CCC(C2)C1C(=O)NCCc1csc(-c2ccccc2)n1. The second kappa shape index (κ2) is 7.85. The molecule has 4 unspecified atom stereocenters. The summed E-state index contributed by atoms with van der Waals surface area (Å²) in [6.45, 7) is 0.636. The molecule has 0 radical (unpaired) electrons. The molecule has 6 heteroatoms. The molecule has 134 valence electrons. The molecule has 4 rings (SSSR count). The maximum Gasteiger partial charge on any atom is 0.224 e. The van der Waals surface area contributed by atoms with Crippen molar-refractivity contribution in [3.63, 3.8) is 0 Å². The number of amides is 1. The quantitative estimate of drug-likeness (QED) is 0.840. The normalized spacial score (nSPS) is 27.1. The second-order valence-corrected chi connectivity index (χ2v) is 7.85. The molecule has 0 aliphatic heterocycles. The molecule has 2 fully saturated rings. The van der Waals surface area contributed by atoms with E-state index in [2.05, 4.69) is 27.8 Å². The minimum Gasteiger partial charge on any atom is -0.355 e. The average molecular weight is 378 g/mol. The van der Waals surface area contributed by atoms with Crippen molar-refractivity contribution < 1.29 is 4.79 Å². The van der Waals surface area contributed by atoms with Gasteiger partial charge in [-0.2, -0.15) is 0 Å². The number of carbonyl (C=O) groups excluding carboxylic acids is 1. The van der Waals surface area contributed by atoms with E-state index < -0.39 is 0 Å². The van der Waals surface area contributed by atoms with Crippen molar-refractivity contribution >= 4 is 29.7 Å². The number of nitrogens with two attached hydrogens (primary N) is 1. The number of aromatic nitrogens is 1. The first kappa shape index (κ1) is 18.4. The van der Waals surface area contributed by atoms with Gasteiger partial charge in [0.25, 0.3) is 0 Å². The van der Waals surface area contributed by atoms with E-state index >= 15 is 0 Å². The predicted octanol–water partition coefficient (Wildman–Crippen LogP) is 3.26. The van der Waals surface area contributed by atoms with Crippen LogP contribution in [-0.2, 0) is 11.2 Å². The lowest BCUT2D eigenvalue weighted by molar-refractivity contribution is -0.127. The topological polar surface area (TPSA) is 68.0 Å². The maximum absolute atomic E-state index is 12.5. The first-order valence-electron chi connectivity index (χ1n) is 8.75. The molecule has 0 saturated heterocycles. The Morgan fingerprint density at radius 1 is 1.24 bits per heavy atom. The van der Waals surface area contributed by atoms with Gasteiger partial charge >= 0.3 is 0 Å². The third-order valence-corrected chi connectivity index (χ3v) is 6.48. The Morgan fingerprint density at radius 3 is 2.72 bits per heavy atom. The molecular formula is C19H24ClN3OS. The molecule has 25 heavy (non-hydrogen) atoms. The Bertz CT molecular complexity index is 718. The first-order chi connectivity index (χ1) is 11.7. The first-order valence-corrected chi connectivity index (χ1v) is 9.63. The average Bonchev–Trinajstić information content (AvgIpc) is 3.31. The van der Waals surface area contributed by atoms with Crippen molar-refractivity contribution in [2.24, 2.45) is 23.5 Å². The van der Waals surface area contributed by atoms with Crippen molar-refractivity contribution in [3.8, 4) is 10.6 Å². The lowest BCUT2D eigenvalue weighted by Crippen LogP contribution is -2.45. The number of hydrogen-bond donors (Lipinski definition) is 2. The van der Waals surface area contributed by atoms with Gasteiger partial charge in [-0.15, -0.1) is 23.7 Å². The van der Waals surface area contributed by atoms with Crippen molar-refractivity contribution in [3.05, 3.63) is 41.4 Å². The number of rotatable bonds is 5. The third kappa shape index (κ3) is 3.73. The molecule has 1 heterocycles. The lowest BCUT2D eigenvalue weighted by Gasteiger charge is -2.26. The summed E-state index contributed by atoms with van der Waals surface area (Å²) in [5.41, 5.74) is 8.43. The van der Waals surface area contributed by atoms with Crippen LogP contribution in [0.15, 0.2) is 35.7 Å². The van der Waals surface area contributed by atoms with Crippen LogP contribution in [0.3, 0.4) is 0 Å². The van der Waals surface area contributed by atoms with Crippen LogP contribution in [-0.4, -0.2) is 23.5 Å². The van der Waals surface area contributed by atoms with Gasteiger partial charge in [-0.05, 0) is 31.1 Å². The Balaban J connectivity index is 0.00000182. The predicted molar refractivity (Wildman–Crippen MR) is 104 cm³/mol. The largest absolute Gasteiger partial charge is 0.355 e. The number of nitrogens with zero attached hydrogens (tertiary/aromatic N) is 1. The summed E-state index contributed by atoms with van der Waals surface area (Å²) in [6, 6.07) is 10.3. The van der Waals surface area contributed by atoms with Gasteiger partial charge in [-0.25, -0.2) is 4.98 Å². The minimum atomic E-state index is 0. The number of halogens is 1. The van der Waals surface area contributed by atoms with Crippen LogP contribution in [0.25, 0.3) is 10.6 Å². The molecule has 4 atom stereocenters. The fourth-order valence-electron chi connectivity index (χ4n) is 4.29. The number of fused-ring (bicyclic) bond motifs is 2. The van der Waals surface area contributed by atoms with Crippen molar-refractivity contribution in [2.45, 2.75) is 31.7 Å². The van der Waals surface area contributed by atoms with Crippen molar-refractivity contribution in [2.75, 3.05) is 6.54 Å². The Kier molecular flexibility index (Phi) is 5.77. The van der Waals surface area contributed by atoms with Crippen LogP contribution in [0.4, 0.5) is 0 Å². The molecule has 2 saturated carbocycles. The summed E-state index contributed by atoms with van der Waals surface area (Å²) < 4.78 is 0. The van der Waals surface area contributed by atoms with E-state index in [9.17, 15) is 4.79 Å². The smallest absolute Gasteiger partial charge is 0.224 e. The Morgan fingerprint density at radius 2 is 2.00 bits per heavy atom. The number of hydrogen-bond acceptors (Lipinski definition) is 4. The highest BCUT2D eigenvalue weighted by atomic mass is 35.5. The zero-order valence-electron chi connectivity index (χ0n) is 14.1. The van der Waals surface area contributed by atoms with Gasteiger partial charge in [-0.1, -0.05) is 30.3 Å². The number of benzene rings is 1. The van der Waals surface area contributed by atoms with Gasteiger partial charge in [-0.3, -0.25) is 4.79 Å². The molecule has 4 nitrogen and oxygen atoms in total. The highest BCUT2D eigenvalue weighted by Crippen LogP contribution is 2.47. The zero-order valence-corrected chi connectivity index (χ0v) is 15.7. The van der Waals surface area contributed by atoms with Crippen LogP contribution in [0, 0.1) is 17.8 Å². The fraction of sp³-hybridized carbons (Fsp3) is 0.474. The van der Waals surface area contributed by atoms with Gasteiger partial charge < -0.3 is 11.1 Å². The number of thiazole rings is 1. The zero-order chi connectivity index (χ0) is 16.5. The van der Waals surface area contributed by atoms with Gasteiger partial charge in [0.05, 0.1) is 11.6 Å². The number of carbonyl (C=O) groups is 1. The molecule has 2 aliphatic rings. The van der Waals surface area contributed by atoms with E-state index in [1.165, 1.54) is 12.8 Å². The van der Waals surface area contributed by atoms with E-state index in [0.29, 0.717) is 18.4 Å². The Hall–Kier alpha value is -1.43. The highest BCUT2D eigenvalue weighted by Gasteiger charge is 2.48. The van der Waals surface area contributed by atoms with Gasteiger partial charge in [0.15, 0.2) is 0 Å².